The fourth-order valence-electron chi connectivity index (χ4n) is 3.14. The Morgan fingerprint density at radius 3 is 2.24 bits per heavy atom. The minimum absolute atomic E-state index is 0.261. The summed E-state index contributed by atoms with van der Waals surface area (Å²) in [5.74, 6) is -1.15. The average molecular weight is 559 g/mol. The van der Waals surface area contributed by atoms with Crippen molar-refractivity contribution < 1.29 is 53.4 Å². The van der Waals surface area contributed by atoms with E-state index in [1.807, 2.05) is 5.32 Å². The lowest BCUT2D eigenvalue weighted by Gasteiger charge is -2.38. The van der Waals surface area contributed by atoms with Crippen molar-refractivity contribution in [1.29, 1.82) is 0 Å². The zero-order valence-electron chi connectivity index (χ0n) is 19.0. The highest BCUT2D eigenvalue weighted by molar-refractivity contribution is 7.92. The monoisotopic (exact) mass is 559 g/mol. The van der Waals surface area contributed by atoms with Gasteiger partial charge >= 0.3 is 18.4 Å². The lowest BCUT2D eigenvalue weighted by Crippen LogP contribution is -2.56. The van der Waals surface area contributed by atoms with Gasteiger partial charge in [-0.3, -0.25) is 9.62 Å². The Morgan fingerprint density at radius 1 is 1.11 bits per heavy atom. The fraction of sp³-hybridized carbons (Fsp3) is 0.381. The summed E-state index contributed by atoms with van der Waals surface area (Å²) in [7, 11) is -4.63. The molecule has 0 saturated heterocycles. The van der Waals surface area contributed by atoms with Crippen molar-refractivity contribution >= 4 is 27.5 Å². The van der Waals surface area contributed by atoms with Gasteiger partial charge in [-0.2, -0.15) is 26.3 Å². The maximum atomic E-state index is 13.3. The van der Waals surface area contributed by atoms with Crippen LogP contribution in [0.15, 0.2) is 47.4 Å². The summed E-state index contributed by atoms with van der Waals surface area (Å²) in [6.45, 7) is 0.283. The molecule has 0 saturated carbocycles. The summed E-state index contributed by atoms with van der Waals surface area (Å²) in [6.07, 6.45) is -13.3. The number of nitrogens with one attached hydrogen (secondary N) is 1. The molecule has 1 amide bonds. The van der Waals surface area contributed by atoms with Crippen LogP contribution in [0.5, 0.6) is 5.75 Å². The van der Waals surface area contributed by atoms with Crippen LogP contribution in [-0.4, -0.2) is 51.2 Å². The third kappa shape index (κ3) is 6.01. The summed E-state index contributed by atoms with van der Waals surface area (Å²) >= 11 is 0. The molecule has 2 aromatic carbocycles. The quantitative estimate of drug-likeness (QED) is 0.520. The predicted octanol–water partition coefficient (Wildman–Crippen LogP) is 4.56. The normalized spacial score (nSPS) is 17.5. The molecule has 8 nitrogen and oxygen atoms in total. The number of amides is 1. The molecular weight excluding hydrogens is 539 g/mol. The van der Waals surface area contributed by atoms with E-state index in [1.165, 1.54) is 0 Å². The zero-order chi connectivity index (χ0) is 28.0. The van der Waals surface area contributed by atoms with Crippen LogP contribution in [0.2, 0.25) is 0 Å². The van der Waals surface area contributed by atoms with E-state index in [0.29, 0.717) is 18.2 Å². The molecule has 0 fully saturated rings. The predicted molar refractivity (Wildman–Crippen MR) is 116 cm³/mol. The van der Waals surface area contributed by atoms with Gasteiger partial charge < -0.3 is 15.2 Å². The van der Waals surface area contributed by atoms with Crippen LogP contribution in [0.4, 0.5) is 46.9 Å². The minimum Gasteiger partial charge on any atom is -0.484 e. The van der Waals surface area contributed by atoms with Crippen molar-refractivity contribution in [2.24, 2.45) is 5.73 Å². The van der Waals surface area contributed by atoms with Crippen LogP contribution >= 0.6 is 0 Å². The molecule has 204 valence electrons. The number of alkyl halides is 6. The number of ether oxygens (including phenoxy) is 2. The first kappa shape index (κ1) is 28.3. The molecule has 0 aliphatic carbocycles. The molecule has 2 aromatic rings. The van der Waals surface area contributed by atoms with E-state index >= 15 is 0 Å². The van der Waals surface area contributed by atoms with Crippen molar-refractivity contribution in [1.82, 2.24) is 0 Å². The number of hydrogen-bond acceptors (Lipinski definition) is 6. The van der Waals surface area contributed by atoms with Crippen LogP contribution in [-0.2, 0) is 14.8 Å². The van der Waals surface area contributed by atoms with Gasteiger partial charge in [0, 0.05) is 5.69 Å². The van der Waals surface area contributed by atoms with Gasteiger partial charge in [-0.25, -0.2) is 17.6 Å². The molecule has 16 heteroatoms. The van der Waals surface area contributed by atoms with Gasteiger partial charge in [-0.15, -0.1) is 0 Å². The lowest BCUT2D eigenvalue weighted by molar-refractivity contribution is -0.242. The number of carbonyl (C=O) groups excluding carboxylic acids is 1. The Morgan fingerprint density at radius 2 is 1.70 bits per heavy atom. The van der Waals surface area contributed by atoms with E-state index in [4.69, 9.17) is 10.5 Å². The molecule has 0 unspecified atom stereocenters. The van der Waals surface area contributed by atoms with Crippen LogP contribution in [0.3, 0.4) is 0 Å². The maximum Gasteiger partial charge on any atom is 0.427 e. The smallest absolute Gasteiger partial charge is 0.427 e. The molecule has 1 aliphatic rings. The van der Waals surface area contributed by atoms with Crippen LogP contribution in [0.1, 0.15) is 13.8 Å². The summed E-state index contributed by atoms with van der Waals surface area (Å²) < 4.78 is 129. The van der Waals surface area contributed by atoms with Gasteiger partial charge in [0.15, 0.2) is 0 Å². The number of benzene rings is 2. The molecule has 37 heavy (non-hydrogen) atoms. The van der Waals surface area contributed by atoms with Gasteiger partial charge in [-0.05, 0) is 56.3 Å². The Bertz CT molecular complexity index is 1260. The molecule has 2 atom stereocenters. The Kier molecular flexibility index (Phi) is 7.31. The molecule has 0 aromatic heterocycles. The second kappa shape index (κ2) is 9.55. The van der Waals surface area contributed by atoms with E-state index < -0.39 is 63.5 Å². The van der Waals surface area contributed by atoms with Crippen molar-refractivity contribution in [2.45, 2.75) is 48.8 Å². The molecule has 3 rings (SSSR count). The third-order valence-electron chi connectivity index (χ3n) is 5.31. The van der Waals surface area contributed by atoms with Crippen molar-refractivity contribution in [3.05, 3.63) is 48.3 Å². The summed E-state index contributed by atoms with van der Waals surface area (Å²) in [6, 6.07) is 3.83. The number of anilines is 2. The number of fused-ring (bicyclic) bond motifs is 1. The second-order valence-electron chi connectivity index (χ2n) is 8.42. The third-order valence-corrected chi connectivity index (χ3v) is 7.10. The largest absolute Gasteiger partial charge is 0.484 e. The molecule has 0 radical (unpaired) electrons. The summed E-state index contributed by atoms with van der Waals surface area (Å²) in [5.41, 5.74) is 1.76. The van der Waals surface area contributed by atoms with E-state index in [9.17, 15) is 43.9 Å². The Labute approximate surface area is 206 Å². The van der Waals surface area contributed by atoms with Gasteiger partial charge in [0.1, 0.15) is 23.7 Å². The molecule has 1 aliphatic heterocycles. The van der Waals surface area contributed by atoms with Crippen LogP contribution in [0.25, 0.3) is 0 Å². The molecule has 1 heterocycles. The number of rotatable bonds is 5. The standard InChI is InChI=1S/C21H20F7N3O5S/c1-19(2,21(26,27)28)36-18(32)30-12-5-8-15-14(9-12)31(10-16(35-15)17(29)20(23,24)25)37(33,34)13-6-3-11(22)4-7-13/h3-9,16-17H,10,29H2,1-2H3,(H,30,32)/t16-,17+/m0/s1. The van der Waals surface area contributed by atoms with Crippen molar-refractivity contribution in [2.75, 3.05) is 16.2 Å². The van der Waals surface area contributed by atoms with E-state index in [-0.39, 0.29) is 17.1 Å². The fourth-order valence-corrected chi connectivity index (χ4v) is 4.62. The number of halogens is 7. The summed E-state index contributed by atoms with van der Waals surface area (Å²) in [5, 5.41) is 2.01. The van der Waals surface area contributed by atoms with E-state index in [1.54, 1.807) is 0 Å². The first-order valence-corrected chi connectivity index (χ1v) is 11.7. The highest BCUT2D eigenvalue weighted by atomic mass is 32.2. The first-order valence-electron chi connectivity index (χ1n) is 10.3. The topological polar surface area (TPSA) is 111 Å². The highest BCUT2D eigenvalue weighted by Gasteiger charge is 2.51. The number of hydrogen-bond donors (Lipinski definition) is 2. The molecule has 3 N–H and O–H groups in total. The number of sulfonamides is 1. The number of nitrogens with zero attached hydrogens (tertiary/aromatic N) is 1. The summed E-state index contributed by atoms with van der Waals surface area (Å²) in [4.78, 5) is 11.6. The zero-order valence-corrected chi connectivity index (χ0v) is 19.8. The number of nitrogens with two attached hydrogens (primary N) is 1. The Hall–Kier alpha value is -3.27. The van der Waals surface area contributed by atoms with E-state index in [2.05, 4.69) is 4.74 Å². The van der Waals surface area contributed by atoms with Gasteiger partial charge in [0.2, 0.25) is 5.60 Å². The van der Waals surface area contributed by atoms with Crippen LogP contribution < -0.4 is 20.1 Å². The lowest BCUT2D eigenvalue weighted by atomic mass is 10.1. The average Bonchev–Trinajstić information content (AvgIpc) is 2.76. The van der Waals surface area contributed by atoms with Gasteiger partial charge in [0.25, 0.3) is 10.0 Å². The van der Waals surface area contributed by atoms with Gasteiger partial charge in [-0.1, -0.05) is 0 Å². The minimum atomic E-state index is -4.95. The van der Waals surface area contributed by atoms with Gasteiger partial charge in [0.05, 0.1) is 17.1 Å². The Balaban J connectivity index is 2.01. The first-order chi connectivity index (χ1) is 16.8. The SMILES string of the molecule is CC(C)(OC(=O)Nc1ccc2c(c1)N(S(=O)(=O)c1ccc(F)cc1)C[C@@H]([C@@H](N)C(F)(F)F)O2)C(F)(F)F. The molecule has 0 spiro atoms. The van der Waals surface area contributed by atoms with Crippen LogP contribution in [0, 0.1) is 5.82 Å². The number of carbonyl (C=O) groups is 1. The second-order valence-corrected chi connectivity index (χ2v) is 10.3. The highest BCUT2D eigenvalue weighted by Crippen LogP contribution is 2.41. The van der Waals surface area contributed by atoms with Crippen molar-refractivity contribution in [3.63, 3.8) is 0 Å². The van der Waals surface area contributed by atoms with Crippen molar-refractivity contribution in [3.8, 4) is 5.75 Å². The maximum absolute atomic E-state index is 13.3. The van der Waals surface area contributed by atoms with E-state index in [0.717, 1.165) is 42.5 Å². The molecular formula is C21H20F7N3O5S. The molecule has 0 bridgehead atoms.